The van der Waals surface area contributed by atoms with E-state index in [0.29, 0.717) is 17.8 Å². The molecule has 1 heteroatoms. The zero-order valence-corrected chi connectivity index (χ0v) is 6.43. The highest BCUT2D eigenvalue weighted by atomic mass is 15.1. The molecule has 0 spiro atoms. The number of rotatable bonds is 1. The molecule has 1 fully saturated rings. The maximum atomic E-state index is 7.74. The van der Waals surface area contributed by atoms with E-state index in [1.54, 1.807) is 0 Å². The number of hydrogen-bond acceptors (Lipinski definition) is 1. The van der Waals surface area contributed by atoms with Crippen molar-refractivity contribution in [3.05, 3.63) is 30.3 Å². The van der Waals surface area contributed by atoms with Crippen molar-refractivity contribution in [1.29, 1.82) is 0 Å². The van der Waals surface area contributed by atoms with E-state index in [1.807, 2.05) is 0 Å². The summed E-state index contributed by atoms with van der Waals surface area (Å²) in [5.74, 6) is 0. The Kier molecular flexibility index (Phi) is 1.11. The van der Waals surface area contributed by atoms with Gasteiger partial charge in [-0.1, -0.05) is 18.2 Å². The summed E-state index contributed by atoms with van der Waals surface area (Å²) in [5, 5.41) is 0. The van der Waals surface area contributed by atoms with E-state index in [1.165, 1.54) is 12.1 Å². The first-order valence-electron chi connectivity index (χ1n) is 5.51. The summed E-state index contributed by atoms with van der Waals surface area (Å²) in [7, 11) is 0. The average molecular weight is 150 g/mol. The van der Waals surface area contributed by atoms with Gasteiger partial charge in [-0.15, -0.1) is 0 Å². The largest absolute Gasteiger partial charge is 0.372 e. The molecule has 11 heavy (non-hydrogen) atoms. The van der Waals surface area contributed by atoms with Crippen LogP contribution in [0.2, 0.25) is 0 Å². The fraction of sp³-hybridized carbons (Fsp3) is 0.400. The molecule has 58 valence electrons. The van der Waals surface area contributed by atoms with Crippen molar-refractivity contribution in [2.75, 3.05) is 18.0 Å². The van der Waals surface area contributed by atoms with Crippen LogP contribution in [0.3, 0.4) is 0 Å². The zero-order valence-electron chi connectivity index (χ0n) is 9.43. The molecule has 0 atom stereocenters. The first-order valence-corrected chi connectivity index (χ1v) is 4.01. The standard InChI is InChI=1S/C10H13N/c1-2-6-10(7-3-1)11-8-4-5-9-11/h1-3,6-7H,4-5,8-9H2/i1D,6D,7D. The lowest BCUT2D eigenvalue weighted by atomic mass is 10.3. The Bertz CT molecular complexity index is 322. The van der Waals surface area contributed by atoms with Crippen molar-refractivity contribution in [1.82, 2.24) is 0 Å². The predicted octanol–water partition coefficient (Wildman–Crippen LogP) is 2.29. The van der Waals surface area contributed by atoms with Gasteiger partial charge in [-0.2, -0.15) is 0 Å². The highest BCUT2D eigenvalue weighted by Gasteiger charge is 2.10. The van der Waals surface area contributed by atoms with Gasteiger partial charge in [-0.05, 0) is 24.9 Å². The molecule has 1 nitrogen and oxygen atoms in total. The molecule has 1 aromatic rings. The average Bonchev–Trinajstić information content (AvgIpc) is 2.54. The topological polar surface area (TPSA) is 3.24 Å². The van der Waals surface area contributed by atoms with Crippen LogP contribution in [-0.4, -0.2) is 13.1 Å². The third-order valence-corrected chi connectivity index (χ3v) is 2.01. The van der Waals surface area contributed by atoms with Crippen molar-refractivity contribution in [3.63, 3.8) is 0 Å². The predicted molar refractivity (Wildman–Crippen MR) is 47.9 cm³/mol. The van der Waals surface area contributed by atoms with Crippen LogP contribution in [-0.2, 0) is 0 Å². The maximum absolute atomic E-state index is 7.74. The van der Waals surface area contributed by atoms with Gasteiger partial charge in [0.2, 0.25) is 0 Å². The van der Waals surface area contributed by atoms with Gasteiger partial charge in [0, 0.05) is 18.8 Å². The number of hydrogen-bond donors (Lipinski definition) is 0. The van der Waals surface area contributed by atoms with Gasteiger partial charge < -0.3 is 4.90 Å². The van der Waals surface area contributed by atoms with Crippen LogP contribution in [0.4, 0.5) is 5.69 Å². The molecule has 0 amide bonds. The van der Waals surface area contributed by atoms with Gasteiger partial charge in [-0.25, -0.2) is 0 Å². The molecule has 0 aliphatic carbocycles. The number of nitrogens with zero attached hydrogens (tertiary/aromatic N) is 1. The minimum atomic E-state index is 0.253. The Morgan fingerprint density at radius 2 is 1.82 bits per heavy atom. The first kappa shape index (κ1) is 4.15. The Morgan fingerprint density at radius 1 is 1.18 bits per heavy atom. The lowest BCUT2D eigenvalue weighted by Crippen LogP contribution is -2.16. The second kappa shape index (κ2) is 2.95. The number of benzene rings is 1. The monoisotopic (exact) mass is 150 g/mol. The fourth-order valence-electron chi connectivity index (χ4n) is 1.43. The van der Waals surface area contributed by atoms with Gasteiger partial charge in [-0.3, -0.25) is 0 Å². The normalized spacial score (nSPS) is 21.1. The van der Waals surface area contributed by atoms with E-state index in [9.17, 15) is 0 Å². The molecule has 2 rings (SSSR count). The van der Waals surface area contributed by atoms with E-state index in [0.717, 1.165) is 25.9 Å². The van der Waals surface area contributed by atoms with Crippen LogP contribution in [0.25, 0.3) is 0 Å². The highest BCUT2D eigenvalue weighted by Crippen LogP contribution is 2.18. The molecule has 1 aromatic carbocycles. The van der Waals surface area contributed by atoms with Gasteiger partial charge in [0.25, 0.3) is 0 Å². The van der Waals surface area contributed by atoms with E-state index in [-0.39, 0.29) is 6.04 Å². The Morgan fingerprint density at radius 3 is 2.45 bits per heavy atom. The number of para-hydroxylation sites is 1. The minimum absolute atomic E-state index is 0.253. The summed E-state index contributed by atoms with van der Waals surface area (Å²) in [6.45, 7) is 1.88. The van der Waals surface area contributed by atoms with Gasteiger partial charge in [0.1, 0.15) is 0 Å². The summed E-state index contributed by atoms with van der Waals surface area (Å²) in [5.41, 5.74) is 0.693. The van der Waals surface area contributed by atoms with Crippen LogP contribution in [0.1, 0.15) is 17.0 Å². The molecule has 1 aliphatic heterocycles. The first-order chi connectivity index (χ1) is 6.68. The Balaban J connectivity index is 2.40. The zero-order chi connectivity index (χ0) is 10.1. The molecule has 0 N–H and O–H groups in total. The molecular weight excluding hydrogens is 134 g/mol. The van der Waals surface area contributed by atoms with Gasteiger partial charge >= 0.3 is 0 Å². The Hall–Kier alpha value is -0.980. The maximum Gasteiger partial charge on any atom is 0.0645 e. The summed E-state index contributed by atoms with van der Waals surface area (Å²) in [4.78, 5) is 2.07. The third-order valence-electron chi connectivity index (χ3n) is 2.01. The lowest BCUT2D eigenvalue weighted by Gasteiger charge is -2.16. The minimum Gasteiger partial charge on any atom is -0.372 e. The van der Waals surface area contributed by atoms with E-state index < -0.39 is 0 Å². The molecule has 0 bridgehead atoms. The van der Waals surface area contributed by atoms with Crippen LogP contribution >= 0.6 is 0 Å². The molecular formula is C10H13N. The van der Waals surface area contributed by atoms with E-state index in [2.05, 4.69) is 4.90 Å². The molecule has 0 radical (unpaired) electrons. The summed E-state index contributed by atoms with van der Waals surface area (Å²) < 4.78 is 22.9. The molecule has 0 unspecified atom stereocenters. The van der Waals surface area contributed by atoms with Gasteiger partial charge in [0.15, 0.2) is 0 Å². The quantitative estimate of drug-likeness (QED) is 0.593. The van der Waals surface area contributed by atoms with Gasteiger partial charge in [0.05, 0.1) is 4.11 Å². The fourth-order valence-corrected chi connectivity index (χ4v) is 1.43. The van der Waals surface area contributed by atoms with Crippen molar-refractivity contribution < 1.29 is 4.11 Å². The van der Waals surface area contributed by atoms with Crippen LogP contribution < -0.4 is 4.90 Å². The van der Waals surface area contributed by atoms with Crippen molar-refractivity contribution in [2.24, 2.45) is 0 Å². The summed E-state index contributed by atoms with van der Waals surface area (Å²) in [6.07, 6.45) is 2.28. The molecule has 1 saturated heterocycles. The van der Waals surface area contributed by atoms with Crippen LogP contribution in [0, 0.1) is 0 Å². The van der Waals surface area contributed by atoms with Crippen LogP contribution in [0.15, 0.2) is 30.3 Å². The number of anilines is 1. The lowest BCUT2D eigenvalue weighted by molar-refractivity contribution is 0.949. The van der Waals surface area contributed by atoms with Crippen LogP contribution in [0.5, 0.6) is 0 Å². The van der Waals surface area contributed by atoms with Crippen molar-refractivity contribution in [3.8, 4) is 0 Å². The second-order valence-corrected chi connectivity index (χ2v) is 2.79. The summed E-state index contributed by atoms with van der Waals surface area (Å²) >= 11 is 0. The molecule has 1 aliphatic rings. The van der Waals surface area contributed by atoms with E-state index >= 15 is 0 Å². The highest BCUT2D eigenvalue weighted by molar-refractivity contribution is 5.46. The van der Waals surface area contributed by atoms with E-state index in [4.69, 9.17) is 4.11 Å². The molecule has 0 saturated carbocycles. The third kappa shape index (κ3) is 1.37. The SMILES string of the molecule is [2H]c1cc([2H])c(N2CCCC2)c([2H])c1. The second-order valence-electron chi connectivity index (χ2n) is 2.79. The molecule has 0 aromatic heterocycles. The molecule has 1 heterocycles. The van der Waals surface area contributed by atoms with Crippen molar-refractivity contribution >= 4 is 5.69 Å². The smallest absolute Gasteiger partial charge is 0.0645 e. The Labute approximate surface area is 71.9 Å². The van der Waals surface area contributed by atoms with Crippen molar-refractivity contribution in [2.45, 2.75) is 12.8 Å². The summed E-state index contributed by atoms with van der Waals surface area (Å²) in [6, 6.07) is 3.88.